The molecule has 0 N–H and O–H groups in total. The quantitative estimate of drug-likeness (QED) is 0.593. The highest BCUT2D eigenvalue weighted by Crippen LogP contribution is 2.11. The molecule has 0 bridgehead atoms. The summed E-state index contributed by atoms with van der Waals surface area (Å²) >= 11 is 0. The molecule has 5 nitrogen and oxygen atoms in total. The summed E-state index contributed by atoms with van der Waals surface area (Å²) in [5, 5.41) is 0. The number of likely N-dealkylation sites (N-methyl/N-ethyl adjacent to an activating group) is 1. The van der Waals surface area contributed by atoms with Crippen molar-refractivity contribution in [3.63, 3.8) is 0 Å². The number of carbonyl (C=O) groups excluding carboxylic acids is 3. The van der Waals surface area contributed by atoms with Gasteiger partial charge >= 0.3 is 0 Å². The van der Waals surface area contributed by atoms with Crippen LogP contribution in [0.15, 0.2) is 0 Å². The highest BCUT2D eigenvalue weighted by molar-refractivity contribution is 5.94. The van der Waals surface area contributed by atoms with Gasteiger partial charge in [0.25, 0.3) is 0 Å². The Kier molecular flexibility index (Phi) is 3.44. The zero-order valence-corrected chi connectivity index (χ0v) is 9.27. The molecule has 2 amide bonds. The number of carbonyl (C=O) groups is 3. The number of hydrogen-bond donors (Lipinski definition) is 0. The van der Waals surface area contributed by atoms with Gasteiger partial charge in [-0.1, -0.05) is 6.92 Å². The fraction of sp³-hybridized carbons (Fsp3) is 0.700. The lowest BCUT2D eigenvalue weighted by Crippen LogP contribution is -2.58. The maximum atomic E-state index is 11.7. The number of aldehydes is 1. The molecule has 5 heteroatoms. The third kappa shape index (κ3) is 2.34. The van der Waals surface area contributed by atoms with Crippen LogP contribution in [-0.2, 0) is 14.4 Å². The first-order valence-corrected chi connectivity index (χ1v) is 4.97. The number of rotatable bonds is 3. The van der Waals surface area contributed by atoms with Gasteiger partial charge in [0.15, 0.2) is 0 Å². The van der Waals surface area contributed by atoms with Crippen LogP contribution in [0.4, 0.5) is 0 Å². The van der Waals surface area contributed by atoms with Gasteiger partial charge in [-0.05, 0) is 6.92 Å². The second kappa shape index (κ2) is 4.42. The highest BCUT2D eigenvalue weighted by Gasteiger charge is 2.34. The van der Waals surface area contributed by atoms with Crippen molar-refractivity contribution in [1.29, 1.82) is 0 Å². The Morgan fingerprint density at radius 3 is 2.67 bits per heavy atom. The summed E-state index contributed by atoms with van der Waals surface area (Å²) in [7, 11) is 1.62. The summed E-state index contributed by atoms with van der Waals surface area (Å²) in [6.45, 7) is 3.83. The molecule has 1 saturated heterocycles. The van der Waals surface area contributed by atoms with Crippen molar-refractivity contribution in [3.8, 4) is 0 Å². The Bertz CT molecular complexity index is 290. The third-order valence-electron chi connectivity index (χ3n) is 2.71. The molecule has 0 aromatic heterocycles. The first-order valence-electron chi connectivity index (χ1n) is 4.97. The van der Waals surface area contributed by atoms with E-state index in [0.717, 1.165) is 6.29 Å². The van der Waals surface area contributed by atoms with Crippen LogP contribution in [0.25, 0.3) is 0 Å². The summed E-state index contributed by atoms with van der Waals surface area (Å²) in [6.07, 6.45) is 0.792. The van der Waals surface area contributed by atoms with Gasteiger partial charge in [0.2, 0.25) is 11.8 Å². The summed E-state index contributed by atoms with van der Waals surface area (Å²) in [5.74, 6) is -0.400. The van der Waals surface area contributed by atoms with Gasteiger partial charge in [-0.25, -0.2) is 0 Å². The first-order chi connectivity index (χ1) is 6.97. The molecular weight excluding hydrogens is 196 g/mol. The number of nitrogens with zero attached hydrogens (tertiary/aromatic N) is 2. The van der Waals surface area contributed by atoms with E-state index in [9.17, 15) is 14.4 Å². The molecule has 0 aliphatic carbocycles. The van der Waals surface area contributed by atoms with E-state index in [1.165, 1.54) is 9.80 Å². The second-order valence-electron chi connectivity index (χ2n) is 4.01. The van der Waals surface area contributed by atoms with Crippen LogP contribution in [0, 0.1) is 5.92 Å². The SMILES string of the molecule is CC(C=O)CN1CC(=O)N(C)C(C)C1=O. The fourth-order valence-electron chi connectivity index (χ4n) is 1.54. The predicted octanol–water partition coefficient (Wildman–Crippen LogP) is -0.489. The smallest absolute Gasteiger partial charge is 0.245 e. The molecule has 1 heterocycles. The fourth-order valence-corrected chi connectivity index (χ4v) is 1.54. The molecule has 0 aromatic rings. The van der Waals surface area contributed by atoms with Gasteiger partial charge in [0.1, 0.15) is 12.3 Å². The minimum absolute atomic E-state index is 0.0812. The average molecular weight is 212 g/mol. The minimum atomic E-state index is -0.426. The van der Waals surface area contributed by atoms with E-state index in [4.69, 9.17) is 0 Å². The van der Waals surface area contributed by atoms with Crippen molar-refractivity contribution in [1.82, 2.24) is 9.80 Å². The molecule has 0 saturated carbocycles. The zero-order chi connectivity index (χ0) is 11.6. The Morgan fingerprint density at radius 2 is 2.13 bits per heavy atom. The molecule has 0 aromatic carbocycles. The lowest BCUT2D eigenvalue weighted by atomic mass is 10.1. The van der Waals surface area contributed by atoms with Crippen LogP contribution in [0.1, 0.15) is 13.8 Å². The Morgan fingerprint density at radius 1 is 1.53 bits per heavy atom. The largest absolute Gasteiger partial charge is 0.332 e. The molecule has 1 aliphatic heterocycles. The lowest BCUT2D eigenvalue weighted by molar-refractivity contribution is -0.154. The van der Waals surface area contributed by atoms with Crippen molar-refractivity contribution in [3.05, 3.63) is 0 Å². The lowest BCUT2D eigenvalue weighted by Gasteiger charge is -2.37. The van der Waals surface area contributed by atoms with E-state index < -0.39 is 6.04 Å². The van der Waals surface area contributed by atoms with Crippen LogP contribution in [0.2, 0.25) is 0 Å². The van der Waals surface area contributed by atoms with E-state index in [2.05, 4.69) is 0 Å². The van der Waals surface area contributed by atoms with Gasteiger partial charge < -0.3 is 14.6 Å². The second-order valence-corrected chi connectivity index (χ2v) is 4.01. The summed E-state index contributed by atoms with van der Waals surface area (Å²) in [4.78, 5) is 36.6. The molecule has 0 spiro atoms. The van der Waals surface area contributed by atoms with E-state index in [1.807, 2.05) is 0 Å². The van der Waals surface area contributed by atoms with Gasteiger partial charge in [-0.2, -0.15) is 0 Å². The van der Waals surface area contributed by atoms with Crippen LogP contribution < -0.4 is 0 Å². The highest BCUT2D eigenvalue weighted by atomic mass is 16.2. The van der Waals surface area contributed by atoms with Crippen molar-refractivity contribution in [2.45, 2.75) is 19.9 Å². The molecule has 84 valence electrons. The Balaban J connectivity index is 2.70. The number of piperazine rings is 1. The van der Waals surface area contributed by atoms with E-state index >= 15 is 0 Å². The Hall–Kier alpha value is -1.39. The monoisotopic (exact) mass is 212 g/mol. The van der Waals surface area contributed by atoms with Crippen LogP contribution >= 0.6 is 0 Å². The standard InChI is InChI=1S/C10H16N2O3/c1-7(6-13)4-12-5-9(14)11(3)8(2)10(12)15/h6-8H,4-5H2,1-3H3. The molecule has 1 rings (SSSR count). The summed E-state index contributed by atoms with van der Waals surface area (Å²) in [6, 6.07) is -0.426. The van der Waals surface area contributed by atoms with Gasteiger partial charge in [0.05, 0.1) is 6.54 Å². The van der Waals surface area contributed by atoms with Crippen molar-refractivity contribution >= 4 is 18.1 Å². The molecule has 1 aliphatic rings. The zero-order valence-electron chi connectivity index (χ0n) is 9.27. The maximum absolute atomic E-state index is 11.7. The topological polar surface area (TPSA) is 57.7 Å². The maximum Gasteiger partial charge on any atom is 0.245 e. The molecule has 2 atom stereocenters. The van der Waals surface area contributed by atoms with E-state index in [0.29, 0.717) is 6.54 Å². The normalized spacial score (nSPS) is 24.3. The molecule has 2 unspecified atom stereocenters. The molecular formula is C10H16N2O3. The first kappa shape index (κ1) is 11.7. The van der Waals surface area contributed by atoms with E-state index in [-0.39, 0.29) is 24.3 Å². The van der Waals surface area contributed by atoms with Crippen LogP contribution in [0.5, 0.6) is 0 Å². The van der Waals surface area contributed by atoms with Crippen LogP contribution in [0.3, 0.4) is 0 Å². The molecule has 0 radical (unpaired) electrons. The van der Waals surface area contributed by atoms with Crippen molar-refractivity contribution < 1.29 is 14.4 Å². The third-order valence-corrected chi connectivity index (χ3v) is 2.71. The molecule has 1 fully saturated rings. The van der Waals surface area contributed by atoms with Gasteiger partial charge in [-0.3, -0.25) is 9.59 Å². The van der Waals surface area contributed by atoms with Crippen LogP contribution in [-0.4, -0.2) is 54.1 Å². The minimum Gasteiger partial charge on any atom is -0.332 e. The number of amides is 2. The molecule has 15 heavy (non-hydrogen) atoms. The Labute approximate surface area is 89.0 Å². The van der Waals surface area contributed by atoms with Crippen molar-refractivity contribution in [2.75, 3.05) is 20.1 Å². The van der Waals surface area contributed by atoms with Gasteiger partial charge in [0, 0.05) is 19.5 Å². The number of hydrogen-bond acceptors (Lipinski definition) is 3. The summed E-state index contributed by atoms with van der Waals surface area (Å²) in [5.41, 5.74) is 0. The predicted molar refractivity (Wildman–Crippen MR) is 54.0 cm³/mol. The van der Waals surface area contributed by atoms with Gasteiger partial charge in [-0.15, -0.1) is 0 Å². The van der Waals surface area contributed by atoms with Crippen molar-refractivity contribution in [2.24, 2.45) is 5.92 Å². The average Bonchev–Trinajstić information content (AvgIpc) is 2.22. The van der Waals surface area contributed by atoms with E-state index in [1.54, 1.807) is 20.9 Å². The summed E-state index contributed by atoms with van der Waals surface area (Å²) < 4.78 is 0.